The maximum absolute atomic E-state index is 13.9. The van der Waals surface area contributed by atoms with Crippen LogP contribution in [0.1, 0.15) is 50.1 Å². The quantitative estimate of drug-likeness (QED) is 0.934. The number of aromatic amines is 1. The highest BCUT2D eigenvalue weighted by atomic mass is 19.1. The van der Waals surface area contributed by atoms with Crippen molar-refractivity contribution in [2.24, 2.45) is 0 Å². The number of H-pyrrole nitrogens is 1. The Hall–Kier alpha value is -1.68. The van der Waals surface area contributed by atoms with E-state index >= 15 is 0 Å². The molecule has 118 valence electrons. The van der Waals surface area contributed by atoms with Crippen LogP contribution in [0.3, 0.4) is 0 Å². The Morgan fingerprint density at radius 2 is 2.09 bits per heavy atom. The number of hydrogen-bond acceptors (Lipinski definition) is 2. The Morgan fingerprint density at radius 1 is 1.32 bits per heavy atom. The van der Waals surface area contributed by atoms with E-state index in [0.717, 1.165) is 43.0 Å². The molecular weight excluding hydrogens is 277 g/mol. The highest BCUT2D eigenvalue weighted by Gasteiger charge is 2.26. The third-order valence-corrected chi connectivity index (χ3v) is 4.41. The SMILES string of the molecule is CC(C)(C)c1cc(CN2CCC(c3ccccc3F)C2)[nH]n1. The summed E-state index contributed by atoms with van der Waals surface area (Å²) in [4.78, 5) is 2.37. The van der Waals surface area contributed by atoms with Gasteiger partial charge in [-0.3, -0.25) is 10.00 Å². The minimum Gasteiger partial charge on any atom is -0.297 e. The molecule has 22 heavy (non-hydrogen) atoms. The van der Waals surface area contributed by atoms with Gasteiger partial charge in [-0.1, -0.05) is 39.0 Å². The maximum atomic E-state index is 13.9. The lowest BCUT2D eigenvalue weighted by atomic mass is 9.92. The van der Waals surface area contributed by atoms with E-state index < -0.39 is 0 Å². The van der Waals surface area contributed by atoms with Crippen LogP contribution >= 0.6 is 0 Å². The van der Waals surface area contributed by atoms with Gasteiger partial charge in [-0.2, -0.15) is 5.10 Å². The lowest BCUT2D eigenvalue weighted by Gasteiger charge is -2.16. The molecule has 1 aromatic carbocycles. The molecule has 2 aromatic rings. The number of nitrogens with zero attached hydrogens (tertiary/aromatic N) is 2. The number of hydrogen-bond donors (Lipinski definition) is 1. The minimum absolute atomic E-state index is 0.0649. The van der Waals surface area contributed by atoms with E-state index in [1.165, 1.54) is 0 Å². The second-order valence-electron chi connectivity index (χ2n) is 7.27. The van der Waals surface area contributed by atoms with E-state index in [9.17, 15) is 4.39 Å². The Bertz CT molecular complexity index is 642. The molecule has 1 atom stereocenters. The van der Waals surface area contributed by atoms with Crippen LogP contribution in [-0.2, 0) is 12.0 Å². The molecule has 0 aliphatic carbocycles. The van der Waals surface area contributed by atoms with Gasteiger partial charge >= 0.3 is 0 Å². The van der Waals surface area contributed by atoms with Gasteiger partial charge in [0.1, 0.15) is 5.82 Å². The van der Waals surface area contributed by atoms with Crippen LogP contribution in [0.15, 0.2) is 30.3 Å². The summed E-state index contributed by atoms with van der Waals surface area (Å²) in [6.45, 7) is 9.26. The zero-order valence-corrected chi connectivity index (χ0v) is 13.6. The first-order valence-electron chi connectivity index (χ1n) is 7.95. The highest BCUT2D eigenvalue weighted by molar-refractivity contribution is 5.23. The molecule has 3 rings (SSSR count). The molecule has 1 aromatic heterocycles. The van der Waals surface area contributed by atoms with Crippen LogP contribution in [0.2, 0.25) is 0 Å². The normalized spacial score (nSPS) is 19.7. The van der Waals surface area contributed by atoms with Crippen molar-refractivity contribution in [3.63, 3.8) is 0 Å². The van der Waals surface area contributed by atoms with E-state index in [-0.39, 0.29) is 11.2 Å². The molecule has 3 nitrogen and oxygen atoms in total. The largest absolute Gasteiger partial charge is 0.297 e. The number of benzene rings is 1. The standard InChI is InChI=1S/C18H24FN3/c1-18(2,3)17-10-14(20-21-17)12-22-9-8-13(11-22)15-6-4-5-7-16(15)19/h4-7,10,13H,8-9,11-12H2,1-3H3,(H,20,21). The summed E-state index contributed by atoms with van der Waals surface area (Å²) in [6, 6.07) is 9.30. The zero-order valence-electron chi connectivity index (χ0n) is 13.6. The van der Waals surface area contributed by atoms with Crippen LogP contribution in [0.5, 0.6) is 0 Å². The van der Waals surface area contributed by atoms with Crippen LogP contribution in [0.25, 0.3) is 0 Å². The molecule has 1 unspecified atom stereocenters. The van der Waals surface area contributed by atoms with Gasteiger partial charge in [-0.15, -0.1) is 0 Å². The minimum atomic E-state index is -0.0779. The van der Waals surface area contributed by atoms with Gasteiger partial charge < -0.3 is 0 Å². The van der Waals surface area contributed by atoms with Crippen LogP contribution in [-0.4, -0.2) is 28.2 Å². The van der Waals surface area contributed by atoms with Crippen molar-refractivity contribution in [3.05, 3.63) is 53.1 Å². The molecule has 1 aliphatic heterocycles. The van der Waals surface area contributed by atoms with E-state index in [0.29, 0.717) is 5.92 Å². The summed E-state index contributed by atoms with van der Waals surface area (Å²) in [5.74, 6) is 0.220. The van der Waals surface area contributed by atoms with E-state index in [2.05, 4.69) is 41.9 Å². The Kier molecular flexibility index (Phi) is 4.04. The molecule has 4 heteroatoms. The molecule has 0 spiro atoms. The molecule has 1 aliphatic rings. The first-order valence-corrected chi connectivity index (χ1v) is 7.95. The fourth-order valence-electron chi connectivity index (χ4n) is 3.10. The maximum Gasteiger partial charge on any atom is 0.126 e. The van der Waals surface area contributed by atoms with Crippen molar-refractivity contribution < 1.29 is 4.39 Å². The first-order chi connectivity index (χ1) is 10.4. The first kappa shape index (κ1) is 15.2. The molecule has 0 saturated carbocycles. The third-order valence-electron chi connectivity index (χ3n) is 4.41. The van der Waals surface area contributed by atoms with Crippen molar-refractivity contribution in [2.75, 3.05) is 13.1 Å². The van der Waals surface area contributed by atoms with Gasteiger partial charge in [0.15, 0.2) is 0 Å². The Morgan fingerprint density at radius 3 is 2.77 bits per heavy atom. The molecule has 0 radical (unpaired) electrons. The molecule has 2 heterocycles. The van der Waals surface area contributed by atoms with Crippen LogP contribution in [0, 0.1) is 5.82 Å². The van der Waals surface area contributed by atoms with Crippen molar-refractivity contribution in [3.8, 4) is 0 Å². The van der Waals surface area contributed by atoms with Crippen molar-refractivity contribution in [1.29, 1.82) is 0 Å². The van der Waals surface area contributed by atoms with Gasteiger partial charge in [-0.05, 0) is 30.7 Å². The van der Waals surface area contributed by atoms with Crippen LogP contribution < -0.4 is 0 Å². The number of halogens is 1. The number of nitrogens with one attached hydrogen (secondary N) is 1. The predicted molar refractivity (Wildman–Crippen MR) is 86.3 cm³/mol. The second-order valence-corrected chi connectivity index (χ2v) is 7.27. The lowest BCUT2D eigenvalue weighted by Crippen LogP contribution is -2.20. The third kappa shape index (κ3) is 3.22. The van der Waals surface area contributed by atoms with Gasteiger partial charge in [0.05, 0.1) is 5.69 Å². The average molecular weight is 301 g/mol. The van der Waals surface area contributed by atoms with E-state index in [1.807, 2.05) is 12.1 Å². The monoisotopic (exact) mass is 301 g/mol. The molecular formula is C18H24FN3. The van der Waals surface area contributed by atoms with Gasteiger partial charge in [0.25, 0.3) is 0 Å². The van der Waals surface area contributed by atoms with Gasteiger partial charge in [0.2, 0.25) is 0 Å². The molecule has 1 fully saturated rings. The summed E-state index contributed by atoms with van der Waals surface area (Å²) >= 11 is 0. The topological polar surface area (TPSA) is 31.9 Å². The van der Waals surface area contributed by atoms with Crippen molar-refractivity contribution >= 4 is 0 Å². The van der Waals surface area contributed by atoms with Gasteiger partial charge in [-0.25, -0.2) is 4.39 Å². The van der Waals surface area contributed by atoms with Crippen LogP contribution in [0.4, 0.5) is 4.39 Å². The van der Waals surface area contributed by atoms with E-state index in [1.54, 1.807) is 12.1 Å². The summed E-state index contributed by atoms with van der Waals surface area (Å²) in [5.41, 5.74) is 3.14. The highest BCUT2D eigenvalue weighted by Crippen LogP contribution is 2.30. The van der Waals surface area contributed by atoms with E-state index in [4.69, 9.17) is 0 Å². The summed E-state index contributed by atoms with van der Waals surface area (Å²) in [5, 5.41) is 7.55. The number of likely N-dealkylation sites (tertiary alicyclic amines) is 1. The summed E-state index contributed by atoms with van der Waals surface area (Å²) < 4.78 is 13.9. The fourth-order valence-corrected chi connectivity index (χ4v) is 3.10. The molecule has 1 N–H and O–H groups in total. The molecule has 1 saturated heterocycles. The molecule has 0 bridgehead atoms. The van der Waals surface area contributed by atoms with Crippen molar-refractivity contribution in [2.45, 2.75) is 45.1 Å². The Balaban J connectivity index is 1.64. The molecule has 0 amide bonds. The van der Waals surface area contributed by atoms with Crippen molar-refractivity contribution in [1.82, 2.24) is 15.1 Å². The Labute approximate surface area is 131 Å². The number of aromatic nitrogens is 2. The predicted octanol–water partition coefficient (Wildman–Crippen LogP) is 3.84. The summed E-state index contributed by atoms with van der Waals surface area (Å²) in [6.07, 6.45) is 1.02. The summed E-state index contributed by atoms with van der Waals surface area (Å²) in [7, 11) is 0. The number of rotatable bonds is 3. The average Bonchev–Trinajstić information content (AvgIpc) is 3.09. The smallest absolute Gasteiger partial charge is 0.126 e. The fraction of sp³-hybridized carbons (Fsp3) is 0.500. The lowest BCUT2D eigenvalue weighted by molar-refractivity contribution is 0.322. The van der Waals surface area contributed by atoms with Gasteiger partial charge in [0, 0.05) is 30.1 Å². The second kappa shape index (κ2) is 5.84. The zero-order chi connectivity index (χ0) is 15.7.